The van der Waals surface area contributed by atoms with Crippen LogP contribution in [0.15, 0.2) is 42.5 Å². The molecule has 6 nitrogen and oxygen atoms in total. The second kappa shape index (κ2) is 7.06. The number of nitrogens with one attached hydrogen (secondary N) is 1. The fourth-order valence-corrected chi connectivity index (χ4v) is 2.00. The highest BCUT2D eigenvalue weighted by molar-refractivity contribution is 6.32. The van der Waals surface area contributed by atoms with Crippen molar-refractivity contribution in [2.75, 3.05) is 5.32 Å². The molecule has 1 atom stereocenters. The average molecular weight is 339 g/mol. The van der Waals surface area contributed by atoms with Gasteiger partial charge in [-0.25, -0.2) is 4.39 Å². The molecule has 0 fully saturated rings. The van der Waals surface area contributed by atoms with E-state index in [0.717, 1.165) is 12.1 Å². The van der Waals surface area contributed by atoms with Crippen LogP contribution in [0.5, 0.6) is 5.75 Å². The first kappa shape index (κ1) is 16.7. The van der Waals surface area contributed by atoms with Crippen LogP contribution >= 0.6 is 11.6 Å². The van der Waals surface area contributed by atoms with Crippen LogP contribution in [0.1, 0.15) is 6.92 Å². The molecule has 2 rings (SSSR count). The molecule has 1 N–H and O–H groups in total. The van der Waals surface area contributed by atoms with Gasteiger partial charge in [0.1, 0.15) is 17.3 Å². The van der Waals surface area contributed by atoms with Crippen molar-refractivity contribution in [2.45, 2.75) is 13.0 Å². The topological polar surface area (TPSA) is 81.5 Å². The van der Waals surface area contributed by atoms with Crippen molar-refractivity contribution in [3.63, 3.8) is 0 Å². The number of carbonyl (C=O) groups is 1. The van der Waals surface area contributed by atoms with Crippen LogP contribution in [0.3, 0.4) is 0 Å². The van der Waals surface area contributed by atoms with Crippen LogP contribution in [-0.2, 0) is 4.79 Å². The van der Waals surface area contributed by atoms with Gasteiger partial charge in [-0.2, -0.15) is 0 Å². The molecule has 0 saturated heterocycles. The number of nitrogens with zero attached hydrogens (tertiary/aromatic N) is 1. The summed E-state index contributed by atoms with van der Waals surface area (Å²) in [6, 6.07) is 9.24. The molecule has 8 heteroatoms. The number of halogens is 2. The number of rotatable bonds is 5. The lowest BCUT2D eigenvalue weighted by Gasteiger charge is -2.15. The van der Waals surface area contributed by atoms with Gasteiger partial charge >= 0.3 is 0 Å². The summed E-state index contributed by atoms with van der Waals surface area (Å²) in [7, 11) is 0. The van der Waals surface area contributed by atoms with Gasteiger partial charge < -0.3 is 10.1 Å². The molecule has 0 spiro atoms. The van der Waals surface area contributed by atoms with E-state index in [1.807, 2.05) is 0 Å². The number of para-hydroxylation sites is 2. The van der Waals surface area contributed by atoms with Crippen molar-refractivity contribution < 1.29 is 18.8 Å². The van der Waals surface area contributed by atoms with E-state index in [9.17, 15) is 19.3 Å². The lowest BCUT2D eigenvalue weighted by molar-refractivity contribution is -0.383. The van der Waals surface area contributed by atoms with Gasteiger partial charge in [-0.1, -0.05) is 23.7 Å². The van der Waals surface area contributed by atoms with Crippen molar-refractivity contribution in [1.29, 1.82) is 0 Å². The van der Waals surface area contributed by atoms with Crippen LogP contribution < -0.4 is 10.1 Å². The van der Waals surface area contributed by atoms with Gasteiger partial charge in [-0.05, 0) is 31.2 Å². The molecule has 120 valence electrons. The van der Waals surface area contributed by atoms with Gasteiger partial charge in [-0.3, -0.25) is 14.9 Å². The van der Waals surface area contributed by atoms with Crippen LogP contribution in [0.25, 0.3) is 0 Å². The summed E-state index contributed by atoms with van der Waals surface area (Å²) in [5, 5.41) is 13.4. The minimum atomic E-state index is -0.988. The second-order valence-electron chi connectivity index (χ2n) is 4.60. The Morgan fingerprint density at radius 2 is 2.04 bits per heavy atom. The third-order valence-corrected chi connectivity index (χ3v) is 3.22. The molecule has 0 heterocycles. The van der Waals surface area contributed by atoms with Gasteiger partial charge in [0.25, 0.3) is 11.6 Å². The minimum Gasteiger partial charge on any atom is -0.479 e. The third kappa shape index (κ3) is 4.17. The highest BCUT2D eigenvalue weighted by atomic mass is 35.5. The number of anilines is 1. The van der Waals surface area contributed by atoms with E-state index in [-0.39, 0.29) is 22.1 Å². The number of nitro groups is 1. The van der Waals surface area contributed by atoms with Crippen LogP contribution in [-0.4, -0.2) is 16.9 Å². The van der Waals surface area contributed by atoms with Gasteiger partial charge in [0, 0.05) is 6.07 Å². The van der Waals surface area contributed by atoms with Crippen LogP contribution in [0, 0.1) is 15.9 Å². The standard InChI is InChI=1S/C15H12ClFN2O4/c1-9(23-14-7-6-10(17)8-11(14)16)15(20)18-12-4-2-3-5-13(12)19(21)22/h2-9H,1H3,(H,18,20)/t9-/m1/s1. The molecule has 0 aromatic heterocycles. The molecular weight excluding hydrogens is 327 g/mol. The quantitative estimate of drug-likeness (QED) is 0.664. The number of hydrogen-bond donors (Lipinski definition) is 1. The number of amides is 1. The van der Waals surface area contributed by atoms with Crippen molar-refractivity contribution in [3.05, 3.63) is 63.4 Å². The van der Waals surface area contributed by atoms with Gasteiger partial charge in [-0.15, -0.1) is 0 Å². The molecule has 1 amide bonds. The van der Waals surface area contributed by atoms with E-state index in [1.165, 1.54) is 31.2 Å². The van der Waals surface area contributed by atoms with Crippen LogP contribution in [0.4, 0.5) is 15.8 Å². The molecule has 2 aromatic carbocycles. The van der Waals surface area contributed by atoms with E-state index in [4.69, 9.17) is 16.3 Å². The Balaban J connectivity index is 2.10. The van der Waals surface area contributed by atoms with Crippen molar-refractivity contribution in [2.24, 2.45) is 0 Å². The van der Waals surface area contributed by atoms with Crippen molar-refractivity contribution >= 4 is 28.9 Å². The second-order valence-corrected chi connectivity index (χ2v) is 5.01. The summed E-state index contributed by atoms with van der Waals surface area (Å²) >= 11 is 5.82. The molecule has 23 heavy (non-hydrogen) atoms. The van der Waals surface area contributed by atoms with E-state index in [1.54, 1.807) is 6.07 Å². The summed E-state index contributed by atoms with van der Waals surface area (Å²) in [5.74, 6) is -0.989. The van der Waals surface area contributed by atoms with Crippen molar-refractivity contribution in [3.8, 4) is 5.75 Å². The number of carbonyl (C=O) groups excluding carboxylic acids is 1. The van der Waals surface area contributed by atoms with E-state index in [2.05, 4.69) is 5.32 Å². The smallest absolute Gasteiger partial charge is 0.292 e. The van der Waals surface area contributed by atoms with Crippen molar-refractivity contribution in [1.82, 2.24) is 0 Å². The summed E-state index contributed by atoms with van der Waals surface area (Å²) < 4.78 is 18.3. The summed E-state index contributed by atoms with van der Waals surface area (Å²) in [6.07, 6.45) is -0.988. The monoisotopic (exact) mass is 338 g/mol. The SMILES string of the molecule is C[C@@H](Oc1ccc(F)cc1Cl)C(=O)Nc1ccccc1[N+](=O)[O-]. The number of hydrogen-bond acceptors (Lipinski definition) is 4. The molecule has 0 radical (unpaired) electrons. The molecule has 0 unspecified atom stereocenters. The fourth-order valence-electron chi connectivity index (χ4n) is 1.79. The Morgan fingerprint density at radius 3 is 2.70 bits per heavy atom. The molecule has 0 aliphatic carbocycles. The highest BCUT2D eigenvalue weighted by Crippen LogP contribution is 2.27. The third-order valence-electron chi connectivity index (χ3n) is 2.93. The zero-order valence-corrected chi connectivity index (χ0v) is 12.7. The Kier molecular flexibility index (Phi) is 5.13. The summed E-state index contributed by atoms with van der Waals surface area (Å²) in [6.45, 7) is 1.45. The maximum atomic E-state index is 13.0. The molecule has 0 aliphatic rings. The fraction of sp³-hybridized carbons (Fsp3) is 0.133. The predicted molar refractivity (Wildman–Crippen MR) is 83.2 cm³/mol. The Labute approximate surface area is 136 Å². The maximum absolute atomic E-state index is 13.0. The normalized spacial score (nSPS) is 11.6. The van der Waals surface area contributed by atoms with E-state index < -0.39 is 22.8 Å². The lowest BCUT2D eigenvalue weighted by Crippen LogP contribution is -2.30. The first-order valence-electron chi connectivity index (χ1n) is 6.54. The molecule has 0 bridgehead atoms. The minimum absolute atomic E-state index is 0.0235. The Morgan fingerprint density at radius 1 is 1.35 bits per heavy atom. The molecule has 0 saturated carbocycles. The van der Waals surface area contributed by atoms with E-state index >= 15 is 0 Å². The Hall–Kier alpha value is -2.67. The number of ether oxygens (including phenoxy) is 1. The largest absolute Gasteiger partial charge is 0.479 e. The van der Waals surface area contributed by atoms with Gasteiger partial charge in [0.15, 0.2) is 6.10 Å². The summed E-state index contributed by atoms with van der Waals surface area (Å²) in [4.78, 5) is 22.4. The lowest BCUT2D eigenvalue weighted by atomic mass is 10.2. The highest BCUT2D eigenvalue weighted by Gasteiger charge is 2.20. The maximum Gasteiger partial charge on any atom is 0.292 e. The zero-order valence-electron chi connectivity index (χ0n) is 12.0. The zero-order chi connectivity index (χ0) is 17.0. The molecule has 2 aromatic rings. The number of benzene rings is 2. The first-order chi connectivity index (χ1) is 10.9. The van der Waals surface area contributed by atoms with Crippen LogP contribution in [0.2, 0.25) is 5.02 Å². The average Bonchev–Trinajstić information content (AvgIpc) is 2.50. The Bertz CT molecular complexity index is 754. The van der Waals surface area contributed by atoms with Gasteiger partial charge in [0.2, 0.25) is 0 Å². The first-order valence-corrected chi connectivity index (χ1v) is 6.92. The molecule has 0 aliphatic heterocycles. The number of nitro benzene ring substituents is 1. The van der Waals surface area contributed by atoms with E-state index in [0.29, 0.717) is 0 Å². The predicted octanol–water partition coefficient (Wildman–Crippen LogP) is 3.79. The summed E-state index contributed by atoms with van der Waals surface area (Å²) in [5.41, 5.74) is -0.170. The van der Waals surface area contributed by atoms with Gasteiger partial charge in [0.05, 0.1) is 9.95 Å². The molecular formula is C15H12ClFN2O4.